The molecule has 108 valence electrons. The second-order valence-corrected chi connectivity index (χ2v) is 3.92. The maximum absolute atomic E-state index is 13.3. The molecule has 1 unspecified atom stereocenters. The monoisotopic (exact) mass is 287 g/mol. The summed E-state index contributed by atoms with van der Waals surface area (Å²) in [6.45, 7) is 0. The van der Waals surface area contributed by atoms with Crippen LogP contribution in [0, 0.1) is 11.6 Å². The Hall–Kier alpha value is -2.51. The summed E-state index contributed by atoms with van der Waals surface area (Å²) >= 11 is 0. The maximum atomic E-state index is 13.3. The number of hydrogen-bond acceptors (Lipinski definition) is 3. The molecule has 0 spiro atoms. The van der Waals surface area contributed by atoms with E-state index < -0.39 is 47.5 Å². The van der Waals surface area contributed by atoms with Crippen molar-refractivity contribution in [1.82, 2.24) is 5.32 Å². The zero-order valence-corrected chi connectivity index (χ0v) is 10.1. The minimum absolute atomic E-state index is 0.348. The summed E-state index contributed by atoms with van der Waals surface area (Å²) in [6, 6.07) is 0.742. The van der Waals surface area contributed by atoms with Gasteiger partial charge in [0.05, 0.1) is 5.56 Å². The highest BCUT2D eigenvalue weighted by atomic mass is 19.1. The van der Waals surface area contributed by atoms with Gasteiger partial charge in [0.1, 0.15) is 17.7 Å². The topological polar surface area (TPSA) is 104 Å². The molecular formula is C12H11F2NO5. The van der Waals surface area contributed by atoms with Gasteiger partial charge in [-0.3, -0.25) is 9.59 Å². The highest BCUT2D eigenvalue weighted by Gasteiger charge is 2.23. The lowest BCUT2D eigenvalue weighted by molar-refractivity contribution is -0.140. The van der Waals surface area contributed by atoms with E-state index in [1.165, 1.54) is 0 Å². The Kier molecular flexibility index (Phi) is 5.13. The second-order valence-electron chi connectivity index (χ2n) is 3.92. The summed E-state index contributed by atoms with van der Waals surface area (Å²) in [6.07, 6.45) is -0.817. The SMILES string of the molecule is O=C(O)CCC(NC(=O)c1ccc(F)cc1F)C(=O)O. The number of carbonyl (C=O) groups is 3. The van der Waals surface area contributed by atoms with Crippen LogP contribution >= 0.6 is 0 Å². The summed E-state index contributed by atoms with van der Waals surface area (Å²) in [4.78, 5) is 32.9. The number of aliphatic carboxylic acids is 2. The molecule has 0 saturated heterocycles. The fraction of sp³-hybridized carbons (Fsp3) is 0.250. The van der Waals surface area contributed by atoms with Crippen LogP contribution in [0.25, 0.3) is 0 Å². The van der Waals surface area contributed by atoms with Gasteiger partial charge in [-0.05, 0) is 18.6 Å². The predicted molar refractivity (Wildman–Crippen MR) is 62.1 cm³/mol. The Morgan fingerprint density at radius 1 is 1.20 bits per heavy atom. The number of nitrogens with one attached hydrogen (secondary N) is 1. The Bertz CT molecular complexity index is 547. The third kappa shape index (κ3) is 4.30. The van der Waals surface area contributed by atoms with Gasteiger partial charge >= 0.3 is 11.9 Å². The zero-order chi connectivity index (χ0) is 15.3. The van der Waals surface area contributed by atoms with Crippen LogP contribution in [0.5, 0.6) is 0 Å². The zero-order valence-electron chi connectivity index (χ0n) is 10.1. The van der Waals surface area contributed by atoms with Crippen molar-refractivity contribution in [3.05, 3.63) is 35.4 Å². The number of carboxylic acids is 2. The van der Waals surface area contributed by atoms with Crippen LogP contribution in [0.3, 0.4) is 0 Å². The molecule has 1 amide bonds. The standard InChI is InChI=1S/C12H11F2NO5/c13-6-1-2-7(8(14)5-6)11(18)15-9(12(19)20)3-4-10(16)17/h1-2,5,9H,3-4H2,(H,15,18)(H,16,17)(H,19,20). The Morgan fingerprint density at radius 2 is 1.85 bits per heavy atom. The van der Waals surface area contributed by atoms with E-state index in [4.69, 9.17) is 10.2 Å². The number of carboxylic acid groups (broad SMARTS) is 2. The van der Waals surface area contributed by atoms with Crippen LogP contribution in [-0.2, 0) is 9.59 Å². The number of hydrogen-bond donors (Lipinski definition) is 3. The largest absolute Gasteiger partial charge is 0.481 e. The number of carbonyl (C=O) groups excluding carboxylic acids is 1. The fourth-order valence-electron chi connectivity index (χ4n) is 1.43. The normalized spacial score (nSPS) is 11.7. The molecule has 8 heteroatoms. The molecule has 0 aliphatic heterocycles. The van der Waals surface area contributed by atoms with Crippen molar-refractivity contribution in [2.45, 2.75) is 18.9 Å². The van der Waals surface area contributed by atoms with E-state index in [0.717, 1.165) is 12.1 Å². The lowest BCUT2D eigenvalue weighted by Crippen LogP contribution is -2.41. The Balaban J connectivity index is 2.80. The molecule has 0 radical (unpaired) electrons. The first-order chi connectivity index (χ1) is 9.31. The van der Waals surface area contributed by atoms with E-state index in [-0.39, 0.29) is 6.42 Å². The third-order valence-electron chi connectivity index (χ3n) is 2.43. The van der Waals surface area contributed by atoms with Gasteiger partial charge in [0.15, 0.2) is 0 Å². The molecule has 1 aromatic rings. The molecule has 0 saturated carbocycles. The van der Waals surface area contributed by atoms with Crippen molar-refractivity contribution < 1.29 is 33.4 Å². The Morgan fingerprint density at radius 3 is 2.35 bits per heavy atom. The van der Waals surface area contributed by atoms with E-state index in [9.17, 15) is 23.2 Å². The number of halogens is 2. The molecular weight excluding hydrogens is 276 g/mol. The molecule has 3 N–H and O–H groups in total. The molecule has 1 aromatic carbocycles. The summed E-state index contributed by atoms with van der Waals surface area (Å²) < 4.78 is 26.0. The van der Waals surface area contributed by atoms with Gasteiger partial charge in [-0.25, -0.2) is 13.6 Å². The number of rotatable bonds is 6. The van der Waals surface area contributed by atoms with Crippen molar-refractivity contribution in [3.8, 4) is 0 Å². The van der Waals surface area contributed by atoms with Crippen molar-refractivity contribution in [3.63, 3.8) is 0 Å². The van der Waals surface area contributed by atoms with E-state index in [1.807, 2.05) is 5.32 Å². The van der Waals surface area contributed by atoms with Crippen LogP contribution in [-0.4, -0.2) is 34.1 Å². The number of amides is 1. The average Bonchev–Trinajstić information content (AvgIpc) is 2.33. The molecule has 1 atom stereocenters. The van der Waals surface area contributed by atoms with Crippen LogP contribution in [0.15, 0.2) is 18.2 Å². The van der Waals surface area contributed by atoms with Crippen molar-refractivity contribution in [1.29, 1.82) is 0 Å². The lowest BCUT2D eigenvalue weighted by atomic mass is 10.1. The smallest absolute Gasteiger partial charge is 0.326 e. The summed E-state index contributed by atoms with van der Waals surface area (Å²) in [5.74, 6) is -5.73. The van der Waals surface area contributed by atoms with E-state index >= 15 is 0 Å². The maximum Gasteiger partial charge on any atom is 0.326 e. The molecule has 20 heavy (non-hydrogen) atoms. The molecule has 0 bridgehead atoms. The van der Waals surface area contributed by atoms with Gasteiger partial charge in [-0.15, -0.1) is 0 Å². The first-order valence-electron chi connectivity index (χ1n) is 5.51. The van der Waals surface area contributed by atoms with E-state index in [0.29, 0.717) is 6.07 Å². The molecule has 0 aliphatic carbocycles. The minimum atomic E-state index is -1.47. The van der Waals surface area contributed by atoms with Gasteiger partial charge < -0.3 is 15.5 Å². The highest BCUT2D eigenvalue weighted by Crippen LogP contribution is 2.10. The van der Waals surface area contributed by atoms with E-state index in [2.05, 4.69) is 0 Å². The van der Waals surface area contributed by atoms with Gasteiger partial charge in [-0.2, -0.15) is 0 Å². The number of benzene rings is 1. The molecule has 0 aromatic heterocycles. The Labute approximate surface area is 112 Å². The minimum Gasteiger partial charge on any atom is -0.481 e. The first-order valence-corrected chi connectivity index (χ1v) is 5.51. The van der Waals surface area contributed by atoms with Crippen molar-refractivity contribution in [2.75, 3.05) is 0 Å². The molecule has 1 rings (SSSR count). The molecule has 0 heterocycles. The van der Waals surface area contributed by atoms with Crippen LogP contribution in [0.1, 0.15) is 23.2 Å². The van der Waals surface area contributed by atoms with Crippen LogP contribution < -0.4 is 5.32 Å². The first kappa shape index (κ1) is 15.5. The molecule has 6 nitrogen and oxygen atoms in total. The quantitative estimate of drug-likeness (QED) is 0.724. The van der Waals surface area contributed by atoms with Gasteiger partial charge in [0.25, 0.3) is 5.91 Å². The third-order valence-corrected chi connectivity index (χ3v) is 2.43. The predicted octanol–water partition coefficient (Wildman–Crippen LogP) is 1.01. The van der Waals surface area contributed by atoms with Crippen LogP contribution in [0.4, 0.5) is 8.78 Å². The van der Waals surface area contributed by atoms with Gasteiger partial charge in [-0.1, -0.05) is 0 Å². The molecule has 0 fully saturated rings. The summed E-state index contributed by atoms with van der Waals surface area (Å²) in [5.41, 5.74) is -0.520. The van der Waals surface area contributed by atoms with Gasteiger partial charge in [0, 0.05) is 12.5 Å². The summed E-state index contributed by atoms with van der Waals surface area (Å²) in [5, 5.41) is 19.3. The van der Waals surface area contributed by atoms with Gasteiger partial charge in [0.2, 0.25) is 0 Å². The lowest BCUT2D eigenvalue weighted by Gasteiger charge is -2.13. The van der Waals surface area contributed by atoms with Crippen molar-refractivity contribution in [2.24, 2.45) is 0 Å². The second kappa shape index (κ2) is 6.60. The van der Waals surface area contributed by atoms with Crippen molar-refractivity contribution >= 4 is 17.8 Å². The molecule has 0 aliphatic rings. The summed E-state index contributed by atoms with van der Waals surface area (Å²) in [7, 11) is 0. The average molecular weight is 287 g/mol. The van der Waals surface area contributed by atoms with E-state index in [1.54, 1.807) is 0 Å². The van der Waals surface area contributed by atoms with Crippen LogP contribution in [0.2, 0.25) is 0 Å². The fourth-order valence-corrected chi connectivity index (χ4v) is 1.43. The highest BCUT2D eigenvalue weighted by molar-refractivity contribution is 5.96.